The molecule has 0 saturated carbocycles. The quantitative estimate of drug-likeness (QED) is 0.0963. The predicted molar refractivity (Wildman–Crippen MR) is 172 cm³/mol. The second-order valence-electron chi connectivity index (χ2n) is 9.90. The summed E-state index contributed by atoms with van der Waals surface area (Å²) in [5, 5.41) is 0. The van der Waals surface area contributed by atoms with Crippen LogP contribution in [0.4, 0.5) is 0 Å². The fraction of sp³-hybridized carbons (Fsp3) is 0.132. The minimum absolute atomic E-state index is 0.219. The van der Waals surface area contributed by atoms with Crippen LogP contribution in [0.2, 0.25) is 0 Å². The van der Waals surface area contributed by atoms with E-state index in [1.165, 1.54) is 20.3 Å². The molecule has 0 aliphatic carbocycles. The Balaban J connectivity index is 1.40. The molecule has 0 amide bonds. The fourth-order valence-electron chi connectivity index (χ4n) is 4.56. The van der Waals surface area contributed by atoms with Crippen LogP contribution in [-0.2, 0) is 19.8 Å². The number of methoxy groups -OCH3 is 2. The SMILES string of the molecule is COc1cc(OCc2ccccc2)c(OC)c(OCc2ccccc2)c1C(=O)/C=C/c1ccc(OCc2ccccc2)cc1. The van der Waals surface area contributed by atoms with Crippen molar-refractivity contribution in [1.82, 2.24) is 0 Å². The first kappa shape index (κ1) is 30.0. The van der Waals surface area contributed by atoms with Crippen LogP contribution in [-0.4, -0.2) is 20.0 Å². The van der Waals surface area contributed by atoms with E-state index in [9.17, 15) is 4.79 Å². The molecule has 5 aromatic carbocycles. The lowest BCUT2D eigenvalue weighted by molar-refractivity contribution is 0.103. The van der Waals surface area contributed by atoms with Gasteiger partial charge >= 0.3 is 0 Å². The molecule has 0 heterocycles. The number of carbonyl (C=O) groups is 1. The number of hydrogen-bond acceptors (Lipinski definition) is 6. The molecule has 0 atom stereocenters. The number of carbonyl (C=O) groups excluding carboxylic acids is 1. The second kappa shape index (κ2) is 15.1. The minimum atomic E-state index is -0.303. The predicted octanol–water partition coefficient (Wildman–Crippen LogP) is 8.34. The van der Waals surface area contributed by atoms with Crippen LogP contribution in [0.25, 0.3) is 6.08 Å². The van der Waals surface area contributed by atoms with Gasteiger partial charge in [0.05, 0.1) is 14.2 Å². The highest BCUT2D eigenvalue weighted by Crippen LogP contribution is 2.46. The van der Waals surface area contributed by atoms with Gasteiger partial charge in [-0.15, -0.1) is 0 Å². The Morgan fingerprint density at radius 1 is 0.568 bits per heavy atom. The number of rotatable bonds is 14. The highest BCUT2D eigenvalue weighted by atomic mass is 16.5. The van der Waals surface area contributed by atoms with Gasteiger partial charge in [0.25, 0.3) is 0 Å². The molecule has 0 radical (unpaired) electrons. The van der Waals surface area contributed by atoms with E-state index < -0.39 is 0 Å². The van der Waals surface area contributed by atoms with Crippen molar-refractivity contribution in [2.24, 2.45) is 0 Å². The van der Waals surface area contributed by atoms with Gasteiger partial charge in [0.1, 0.15) is 36.9 Å². The average molecular weight is 587 g/mol. The van der Waals surface area contributed by atoms with Gasteiger partial charge in [0.15, 0.2) is 17.3 Å². The largest absolute Gasteiger partial charge is 0.496 e. The van der Waals surface area contributed by atoms with Gasteiger partial charge in [-0.3, -0.25) is 4.79 Å². The summed E-state index contributed by atoms with van der Waals surface area (Å²) in [5.41, 5.74) is 4.10. The Hall–Kier alpha value is -5.49. The maximum Gasteiger partial charge on any atom is 0.204 e. The topological polar surface area (TPSA) is 63.2 Å². The molecule has 0 saturated heterocycles. The lowest BCUT2D eigenvalue weighted by atomic mass is 10.0. The molecule has 6 nitrogen and oxygen atoms in total. The minimum Gasteiger partial charge on any atom is -0.496 e. The summed E-state index contributed by atoms with van der Waals surface area (Å²) in [6, 6.07) is 38.7. The molecule has 0 spiro atoms. The summed E-state index contributed by atoms with van der Waals surface area (Å²) >= 11 is 0. The molecule has 0 bridgehead atoms. The standard InChI is InChI=1S/C38H34O6/c1-40-34-24-35(43-26-30-14-8-4-9-15-30)37(41-2)38(44-27-31-16-10-5-11-17-31)36(34)33(39)23-20-28-18-21-32(22-19-28)42-25-29-12-6-3-7-13-29/h3-24H,25-27H2,1-2H3/b23-20+. The zero-order valence-electron chi connectivity index (χ0n) is 24.8. The molecule has 6 heteroatoms. The molecule has 0 aliphatic heterocycles. The molecule has 44 heavy (non-hydrogen) atoms. The second-order valence-corrected chi connectivity index (χ2v) is 9.90. The van der Waals surface area contributed by atoms with Gasteiger partial charge < -0.3 is 23.7 Å². The van der Waals surface area contributed by atoms with Gasteiger partial charge in [0.2, 0.25) is 5.75 Å². The van der Waals surface area contributed by atoms with E-state index in [1.54, 1.807) is 12.1 Å². The van der Waals surface area contributed by atoms with Crippen molar-refractivity contribution >= 4 is 11.9 Å². The first-order valence-electron chi connectivity index (χ1n) is 14.3. The molecule has 0 N–H and O–H groups in total. The number of ketones is 1. The molecule has 0 fully saturated rings. The van der Waals surface area contributed by atoms with Gasteiger partial charge in [0, 0.05) is 6.07 Å². The van der Waals surface area contributed by atoms with Gasteiger partial charge in [-0.2, -0.15) is 0 Å². The van der Waals surface area contributed by atoms with E-state index in [-0.39, 0.29) is 23.7 Å². The van der Waals surface area contributed by atoms with Crippen molar-refractivity contribution in [3.8, 4) is 28.7 Å². The third-order valence-corrected chi connectivity index (χ3v) is 6.85. The van der Waals surface area contributed by atoms with E-state index >= 15 is 0 Å². The van der Waals surface area contributed by atoms with Gasteiger partial charge in [-0.25, -0.2) is 0 Å². The number of ether oxygens (including phenoxy) is 5. The van der Waals surface area contributed by atoms with Crippen LogP contribution in [0.15, 0.2) is 127 Å². The number of allylic oxidation sites excluding steroid dienone is 1. The smallest absolute Gasteiger partial charge is 0.204 e. The van der Waals surface area contributed by atoms with Crippen LogP contribution in [0.1, 0.15) is 32.6 Å². The van der Waals surface area contributed by atoms with Crippen molar-refractivity contribution in [1.29, 1.82) is 0 Å². The number of hydrogen-bond donors (Lipinski definition) is 0. The Bertz CT molecular complexity index is 1660. The maximum atomic E-state index is 13.7. The highest BCUT2D eigenvalue weighted by Gasteiger charge is 2.26. The molecule has 0 aromatic heterocycles. The molecule has 5 rings (SSSR count). The third kappa shape index (κ3) is 7.86. The van der Waals surface area contributed by atoms with Crippen molar-refractivity contribution in [3.63, 3.8) is 0 Å². The molecule has 0 aliphatic rings. The molecule has 0 unspecified atom stereocenters. The lowest BCUT2D eigenvalue weighted by Gasteiger charge is -2.20. The Labute approximate surface area is 258 Å². The van der Waals surface area contributed by atoms with E-state index in [0.29, 0.717) is 30.5 Å². The molecular weight excluding hydrogens is 552 g/mol. The highest BCUT2D eigenvalue weighted by molar-refractivity contribution is 6.11. The van der Waals surface area contributed by atoms with Gasteiger partial charge in [-0.05, 0) is 40.5 Å². The van der Waals surface area contributed by atoms with Crippen LogP contribution in [0.5, 0.6) is 28.7 Å². The Morgan fingerprint density at radius 2 is 1.09 bits per heavy atom. The fourth-order valence-corrected chi connectivity index (χ4v) is 4.56. The summed E-state index contributed by atoms with van der Waals surface area (Å²) in [7, 11) is 3.04. The summed E-state index contributed by atoms with van der Waals surface area (Å²) < 4.78 is 29.8. The average Bonchev–Trinajstić information content (AvgIpc) is 3.09. The van der Waals surface area contributed by atoms with E-state index in [1.807, 2.05) is 115 Å². The van der Waals surface area contributed by atoms with Crippen molar-refractivity contribution in [2.45, 2.75) is 19.8 Å². The van der Waals surface area contributed by atoms with Crippen LogP contribution < -0.4 is 23.7 Å². The lowest BCUT2D eigenvalue weighted by Crippen LogP contribution is -2.09. The molecular formula is C38H34O6. The zero-order chi connectivity index (χ0) is 30.6. The van der Waals surface area contributed by atoms with Crippen LogP contribution in [0.3, 0.4) is 0 Å². The third-order valence-electron chi connectivity index (χ3n) is 6.85. The van der Waals surface area contributed by atoms with E-state index in [2.05, 4.69) is 0 Å². The summed E-state index contributed by atoms with van der Waals surface area (Å²) in [4.78, 5) is 13.7. The van der Waals surface area contributed by atoms with E-state index in [0.717, 1.165) is 28.0 Å². The van der Waals surface area contributed by atoms with Crippen LogP contribution in [0, 0.1) is 0 Å². The summed E-state index contributed by atoms with van der Waals surface area (Å²) in [5.74, 6) is 1.72. The van der Waals surface area contributed by atoms with E-state index in [4.69, 9.17) is 23.7 Å². The summed E-state index contributed by atoms with van der Waals surface area (Å²) in [6.45, 7) is 1.00. The monoisotopic (exact) mass is 586 g/mol. The van der Waals surface area contributed by atoms with Crippen molar-refractivity contribution in [3.05, 3.63) is 155 Å². The zero-order valence-corrected chi connectivity index (χ0v) is 24.8. The first-order chi connectivity index (χ1) is 21.6. The summed E-state index contributed by atoms with van der Waals surface area (Å²) in [6.07, 6.45) is 3.24. The molecule has 222 valence electrons. The van der Waals surface area contributed by atoms with Gasteiger partial charge in [-0.1, -0.05) is 109 Å². The molecule has 5 aromatic rings. The Morgan fingerprint density at radius 3 is 1.61 bits per heavy atom. The van der Waals surface area contributed by atoms with Crippen molar-refractivity contribution < 1.29 is 28.5 Å². The van der Waals surface area contributed by atoms with Crippen LogP contribution >= 0.6 is 0 Å². The first-order valence-corrected chi connectivity index (χ1v) is 14.3. The Kier molecular flexibility index (Phi) is 10.3. The normalized spacial score (nSPS) is 10.8. The van der Waals surface area contributed by atoms with Crippen molar-refractivity contribution in [2.75, 3.05) is 14.2 Å². The number of benzene rings is 5. The maximum absolute atomic E-state index is 13.7.